The van der Waals surface area contributed by atoms with Crippen LogP contribution in [0.15, 0.2) is 30.3 Å². The monoisotopic (exact) mass is 387 g/mol. The topological polar surface area (TPSA) is 83.1 Å². The molecule has 1 N–H and O–H groups in total. The second-order valence-electron chi connectivity index (χ2n) is 5.77. The average Bonchev–Trinajstić information content (AvgIpc) is 2.59. The third kappa shape index (κ3) is 7.17. The molecule has 0 aliphatic carbocycles. The van der Waals surface area contributed by atoms with E-state index in [2.05, 4.69) is 5.32 Å². The van der Waals surface area contributed by atoms with Crippen molar-refractivity contribution >= 4 is 13.8 Å². The summed E-state index contributed by atoms with van der Waals surface area (Å²) in [6.07, 6.45) is -1.19. The summed E-state index contributed by atoms with van der Waals surface area (Å²) in [6, 6.07) is 8.78. The van der Waals surface area contributed by atoms with Crippen molar-refractivity contribution in [3.05, 3.63) is 35.9 Å². The van der Waals surface area contributed by atoms with Gasteiger partial charge in [0.1, 0.15) is 0 Å². The van der Waals surface area contributed by atoms with Crippen LogP contribution in [0, 0.1) is 0 Å². The largest absolute Gasteiger partial charge is 0.475 e. The van der Waals surface area contributed by atoms with Crippen LogP contribution in [0.2, 0.25) is 0 Å². The van der Waals surface area contributed by atoms with Crippen molar-refractivity contribution in [2.45, 2.75) is 52.8 Å². The van der Waals surface area contributed by atoms with E-state index in [0.29, 0.717) is 0 Å². The summed E-state index contributed by atoms with van der Waals surface area (Å²) in [5.41, 5.74) is 0.804. The van der Waals surface area contributed by atoms with E-state index >= 15 is 0 Å². The van der Waals surface area contributed by atoms with Crippen molar-refractivity contribution in [1.29, 1.82) is 0 Å². The third-order valence-electron chi connectivity index (χ3n) is 3.31. The fourth-order valence-electron chi connectivity index (χ4n) is 2.40. The number of carbonyl (C=O) groups excluding carboxylic acids is 1. The molecule has 0 radical (unpaired) electrons. The lowest BCUT2D eigenvalue weighted by atomic mass is 10.0. The Bertz CT molecular complexity index is 570. The molecule has 0 bridgehead atoms. The van der Waals surface area contributed by atoms with E-state index in [-0.39, 0.29) is 25.9 Å². The van der Waals surface area contributed by atoms with E-state index in [1.54, 1.807) is 20.8 Å². The van der Waals surface area contributed by atoms with Gasteiger partial charge >= 0.3 is 13.8 Å². The van der Waals surface area contributed by atoms with Crippen LogP contribution < -0.4 is 5.32 Å². The number of hydrogen-bond donors (Lipinski definition) is 1. The number of hydrogen-bond acceptors (Lipinski definition) is 7. The number of rotatable bonds is 12. The summed E-state index contributed by atoms with van der Waals surface area (Å²) in [7, 11) is -3.91. The minimum atomic E-state index is -3.91. The molecule has 1 aromatic rings. The van der Waals surface area contributed by atoms with Crippen LogP contribution in [0.3, 0.4) is 0 Å². The molecule has 148 valence electrons. The Balaban J connectivity index is 3.26. The molecular formula is C18H30NO6P. The molecule has 1 rings (SSSR count). The van der Waals surface area contributed by atoms with E-state index < -0.39 is 25.9 Å². The molecule has 0 aromatic heterocycles. The van der Waals surface area contributed by atoms with Gasteiger partial charge in [0, 0.05) is 6.04 Å². The number of nitrogens with one attached hydrogen (secondary N) is 1. The maximum absolute atomic E-state index is 12.9. The van der Waals surface area contributed by atoms with E-state index in [4.69, 9.17) is 18.3 Å². The molecule has 8 heteroatoms. The van der Waals surface area contributed by atoms with Crippen molar-refractivity contribution in [2.75, 3.05) is 19.8 Å². The van der Waals surface area contributed by atoms with E-state index in [0.717, 1.165) is 5.56 Å². The molecule has 0 amide bonds. The Hall–Kier alpha value is -1.24. The number of benzene rings is 1. The number of carbonyl (C=O) groups is 1. The van der Waals surface area contributed by atoms with Gasteiger partial charge in [-0.1, -0.05) is 44.2 Å². The quantitative estimate of drug-likeness (QED) is 0.431. The van der Waals surface area contributed by atoms with Gasteiger partial charge in [0.05, 0.1) is 25.9 Å². The second kappa shape index (κ2) is 11.5. The Kier molecular flexibility index (Phi) is 10.1. The van der Waals surface area contributed by atoms with Crippen molar-refractivity contribution in [3.63, 3.8) is 0 Å². The first-order chi connectivity index (χ1) is 12.4. The lowest BCUT2D eigenvalue weighted by Gasteiger charge is -2.30. The normalized spacial score (nSPS) is 14.2. The Labute approximate surface area is 156 Å². The van der Waals surface area contributed by atoms with Gasteiger partial charge < -0.3 is 10.1 Å². The molecule has 0 saturated carbocycles. The molecule has 0 aliphatic heterocycles. The zero-order chi connectivity index (χ0) is 19.6. The number of esters is 1. The molecule has 26 heavy (non-hydrogen) atoms. The number of phosphoric ester groups is 1. The first kappa shape index (κ1) is 22.8. The molecule has 0 unspecified atom stereocenters. The second-order valence-corrected chi connectivity index (χ2v) is 7.39. The lowest BCUT2D eigenvalue weighted by molar-refractivity contribution is -0.154. The molecule has 2 atom stereocenters. The van der Waals surface area contributed by atoms with Gasteiger partial charge in [-0.3, -0.25) is 13.6 Å². The molecule has 7 nitrogen and oxygen atoms in total. The molecule has 0 spiro atoms. The number of phosphoric acid groups is 1. The van der Waals surface area contributed by atoms with Crippen LogP contribution in [0.4, 0.5) is 0 Å². The molecule has 1 aromatic carbocycles. The first-order valence-corrected chi connectivity index (χ1v) is 10.4. The van der Waals surface area contributed by atoms with Crippen molar-refractivity contribution in [2.24, 2.45) is 0 Å². The zero-order valence-corrected chi connectivity index (χ0v) is 17.0. The van der Waals surface area contributed by atoms with Gasteiger partial charge in [-0.2, -0.15) is 0 Å². The van der Waals surface area contributed by atoms with E-state index in [1.165, 1.54) is 0 Å². The maximum atomic E-state index is 12.9. The smallest absolute Gasteiger partial charge is 0.464 e. The van der Waals surface area contributed by atoms with Gasteiger partial charge in [-0.15, -0.1) is 0 Å². The Morgan fingerprint density at radius 1 is 1.04 bits per heavy atom. The lowest BCUT2D eigenvalue weighted by Crippen LogP contribution is -2.42. The standard InChI is InChI=1S/C18H30NO6P/c1-6-22-18(20)17(25-26(21,23-7-2)24-8-3)16(19-14(4)5)15-12-10-9-11-13-15/h9-14,16-17,19H,6-8H2,1-5H3/t16-,17-/m1/s1. The summed E-state index contributed by atoms with van der Waals surface area (Å²) in [5.74, 6) is -0.630. The predicted molar refractivity (Wildman–Crippen MR) is 99.8 cm³/mol. The summed E-state index contributed by atoms with van der Waals surface area (Å²) in [6.45, 7) is 9.37. The highest BCUT2D eigenvalue weighted by molar-refractivity contribution is 7.48. The highest BCUT2D eigenvalue weighted by Crippen LogP contribution is 2.51. The van der Waals surface area contributed by atoms with Crippen LogP contribution in [-0.4, -0.2) is 37.9 Å². The van der Waals surface area contributed by atoms with Crippen LogP contribution >= 0.6 is 7.82 Å². The van der Waals surface area contributed by atoms with Crippen molar-refractivity contribution < 1.29 is 27.7 Å². The van der Waals surface area contributed by atoms with Crippen molar-refractivity contribution in [1.82, 2.24) is 5.32 Å². The maximum Gasteiger partial charge on any atom is 0.475 e. The Morgan fingerprint density at radius 2 is 1.62 bits per heavy atom. The predicted octanol–water partition coefficient (Wildman–Crippen LogP) is 3.86. The third-order valence-corrected chi connectivity index (χ3v) is 4.94. The van der Waals surface area contributed by atoms with E-state index in [1.807, 2.05) is 44.2 Å². The summed E-state index contributed by atoms with van der Waals surface area (Å²) >= 11 is 0. The molecule has 0 aliphatic rings. The van der Waals surface area contributed by atoms with Crippen LogP contribution in [0.25, 0.3) is 0 Å². The summed E-state index contributed by atoms with van der Waals surface area (Å²) in [4.78, 5) is 12.6. The fraction of sp³-hybridized carbons (Fsp3) is 0.611. The average molecular weight is 387 g/mol. The highest BCUT2D eigenvalue weighted by Gasteiger charge is 2.40. The van der Waals surface area contributed by atoms with Crippen LogP contribution in [0.1, 0.15) is 46.2 Å². The van der Waals surface area contributed by atoms with Gasteiger partial charge in [-0.05, 0) is 26.3 Å². The van der Waals surface area contributed by atoms with E-state index in [9.17, 15) is 9.36 Å². The highest BCUT2D eigenvalue weighted by atomic mass is 31.2. The molecule has 0 heterocycles. The van der Waals surface area contributed by atoms with Crippen LogP contribution in [-0.2, 0) is 27.7 Å². The Morgan fingerprint density at radius 3 is 2.08 bits per heavy atom. The zero-order valence-electron chi connectivity index (χ0n) is 16.1. The molecular weight excluding hydrogens is 357 g/mol. The first-order valence-electron chi connectivity index (χ1n) is 8.92. The summed E-state index contributed by atoms with van der Waals surface area (Å²) < 4.78 is 34.0. The molecule has 0 saturated heterocycles. The minimum absolute atomic E-state index is 0.0410. The summed E-state index contributed by atoms with van der Waals surface area (Å²) in [5, 5.41) is 3.28. The SMILES string of the molecule is CCOC(=O)[C@H](OP(=O)(OCC)OCC)[C@H](NC(C)C)c1ccccc1. The van der Waals surface area contributed by atoms with Crippen LogP contribution in [0.5, 0.6) is 0 Å². The number of ether oxygens (including phenoxy) is 1. The van der Waals surface area contributed by atoms with Gasteiger partial charge in [0.2, 0.25) is 0 Å². The van der Waals surface area contributed by atoms with Gasteiger partial charge in [-0.25, -0.2) is 9.36 Å². The molecule has 0 fully saturated rings. The van der Waals surface area contributed by atoms with Crippen molar-refractivity contribution in [3.8, 4) is 0 Å². The fourth-order valence-corrected chi connectivity index (χ4v) is 3.71. The van der Waals surface area contributed by atoms with Gasteiger partial charge in [0.15, 0.2) is 6.10 Å². The minimum Gasteiger partial charge on any atom is -0.464 e. The van der Waals surface area contributed by atoms with Gasteiger partial charge in [0.25, 0.3) is 0 Å².